The van der Waals surface area contributed by atoms with Gasteiger partial charge in [-0.2, -0.15) is 0 Å². The molecular formula is C60H42N2. The SMILES string of the molecule is c1ccc(-c2cccc(N3c4ccc(cc4)-c4ccccc4-c4ccc(cc4)N(c4cccc(-c5ccccc5)c4)c4ccc(cc4)-c4ccccc4-c4ccc3cc4)c2)cc1. The monoisotopic (exact) mass is 790 g/mol. The molecule has 0 fully saturated rings. The highest BCUT2D eigenvalue weighted by molar-refractivity contribution is 5.90. The molecule has 2 nitrogen and oxygen atoms in total. The molecule has 0 N–H and O–H groups in total. The summed E-state index contributed by atoms with van der Waals surface area (Å²) in [6.45, 7) is 0. The molecule has 7 heterocycles. The quantitative estimate of drug-likeness (QED) is 0.175. The molecule has 0 spiro atoms. The van der Waals surface area contributed by atoms with Gasteiger partial charge in [0.05, 0.1) is 0 Å². The molecule has 0 aromatic heterocycles. The first-order chi connectivity index (χ1) is 30.7. The van der Waals surface area contributed by atoms with Crippen LogP contribution in [0.5, 0.6) is 0 Å². The minimum absolute atomic E-state index is 1.09. The van der Waals surface area contributed by atoms with Gasteiger partial charge in [-0.05, 0) is 140 Å². The lowest BCUT2D eigenvalue weighted by atomic mass is 9.93. The van der Waals surface area contributed by atoms with E-state index in [-0.39, 0.29) is 0 Å². The summed E-state index contributed by atoms with van der Waals surface area (Å²) in [5.41, 5.74) is 20.7. The molecule has 7 aliphatic rings. The second-order valence-electron chi connectivity index (χ2n) is 15.8. The molecular weight excluding hydrogens is 749 g/mol. The highest BCUT2D eigenvalue weighted by Crippen LogP contribution is 2.43. The third kappa shape index (κ3) is 7.04. The number of anilines is 6. The zero-order chi connectivity index (χ0) is 41.2. The Morgan fingerprint density at radius 1 is 0.161 bits per heavy atom. The topological polar surface area (TPSA) is 6.48 Å². The second-order valence-corrected chi connectivity index (χ2v) is 15.8. The van der Waals surface area contributed by atoms with E-state index in [0.717, 1.165) is 34.1 Å². The molecule has 0 saturated carbocycles. The molecule has 0 radical (unpaired) electrons. The number of hydrogen-bond acceptors (Lipinski definition) is 2. The van der Waals surface area contributed by atoms with Crippen LogP contribution in [0.1, 0.15) is 0 Å². The first-order valence-electron chi connectivity index (χ1n) is 21.2. The van der Waals surface area contributed by atoms with Crippen molar-refractivity contribution in [3.63, 3.8) is 0 Å². The van der Waals surface area contributed by atoms with Crippen LogP contribution in [0.25, 0.3) is 66.8 Å². The van der Waals surface area contributed by atoms with Crippen molar-refractivity contribution in [2.45, 2.75) is 0 Å². The normalized spacial score (nSPS) is 11.8. The molecule has 2 heteroatoms. The summed E-state index contributed by atoms with van der Waals surface area (Å²) < 4.78 is 0. The van der Waals surface area contributed by atoms with Crippen molar-refractivity contribution in [1.29, 1.82) is 0 Å². The number of rotatable bonds is 4. The summed E-state index contributed by atoms with van der Waals surface area (Å²) in [6.07, 6.45) is 0. The fraction of sp³-hybridized carbons (Fsp3) is 0. The Labute approximate surface area is 363 Å². The molecule has 0 aliphatic carbocycles. The molecule has 0 unspecified atom stereocenters. The van der Waals surface area contributed by atoms with Gasteiger partial charge in [0.15, 0.2) is 0 Å². The summed E-state index contributed by atoms with van der Waals surface area (Å²) in [7, 11) is 0. The Hall–Kier alpha value is -8.20. The van der Waals surface area contributed by atoms with Crippen LogP contribution >= 0.6 is 0 Å². The van der Waals surface area contributed by atoms with Crippen molar-refractivity contribution < 1.29 is 0 Å². The number of nitrogens with zero attached hydrogens (tertiary/aromatic N) is 2. The highest BCUT2D eigenvalue weighted by Gasteiger charge is 2.19. The van der Waals surface area contributed by atoms with E-state index in [1.165, 1.54) is 66.8 Å². The van der Waals surface area contributed by atoms with Gasteiger partial charge in [0, 0.05) is 34.1 Å². The predicted molar refractivity (Wildman–Crippen MR) is 262 cm³/mol. The molecule has 62 heavy (non-hydrogen) atoms. The van der Waals surface area contributed by atoms with E-state index < -0.39 is 0 Å². The van der Waals surface area contributed by atoms with E-state index >= 15 is 0 Å². The minimum Gasteiger partial charge on any atom is -0.310 e. The standard InChI is InChI=1S/C60H42N2/c1-3-13-43(14-4-1)49-17-11-19-55(41-49)61-51-33-25-45(26-34-51)57-21-7-9-23-59(57)47-29-37-53(38-30-47)62(56-20-12-18-50(42-56)44-15-5-2-6-16-44)54-39-31-48(32-40-54)60-24-10-8-22-58(60)46-27-35-52(61)36-28-46/h1-42H. The maximum absolute atomic E-state index is 2.36. The number of benzene rings is 10. The average molecular weight is 791 g/mol. The Morgan fingerprint density at radius 2 is 0.419 bits per heavy atom. The molecule has 0 amide bonds. The first-order valence-corrected chi connectivity index (χ1v) is 21.2. The van der Waals surface area contributed by atoms with Crippen molar-refractivity contribution in [2.24, 2.45) is 0 Å². The summed E-state index contributed by atoms with van der Waals surface area (Å²) in [5.74, 6) is 0. The fourth-order valence-electron chi connectivity index (χ4n) is 8.94. The maximum atomic E-state index is 2.36. The third-order valence-corrected chi connectivity index (χ3v) is 12.0. The van der Waals surface area contributed by atoms with E-state index in [4.69, 9.17) is 0 Å². The average Bonchev–Trinajstić information content (AvgIpc) is 3.36. The van der Waals surface area contributed by atoms with Crippen molar-refractivity contribution in [2.75, 3.05) is 9.80 Å². The summed E-state index contributed by atoms with van der Waals surface area (Å²) in [5, 5.41) is 0. The second kappa shape index (κ2) is 16.1. The van der Waals surface area contributed by atoms with Gasteiger partial charge in [0.2, 0.25) is 0 Å². The van der Waals surface area contributed by atoms with Crippen LogP contribution in [0.3, 0.4) is 0 Å². The van der Waals surface area contributed by atoms with Gasteiger partial charge in [0.1, 0.15) is 0 Å². The zero-order valence-corrected chi connectivity index (χ0v) is 34.1. The Kier molecular flexibility index (Phi) is 9.57. The Balaban J connectivity index is 1.08. The van der Waals surface area contributed by atoms with E-state index in [1.807, 2.05) is 0 Å². The fourth-order valence-corrected chi connectivity index (χ4v) is 8.94. The molecule has 10 aromatic carbocycles. The van der Waals surface area contributed by atoms with Crippen LogP contribution in [-0.2, 0) is 0 Å². The van der Waals surface area contributed by atoms with Crippen LogP contribution in [0.15, 0.2) is 255 Å². The lowest BCUT2D eigenvalue weighted by Gasteiger charge is -2.27. The third-order valence-electron chi connectivity index (χ3n) is 12.0. The number of hydrogen-bond donors (Lipinski definition) is 0. The van der Waals surface area contributed by atoms with Gasteiger partial charge in [-0.3, -0.25) is 0 Å². The lowest BCUT2D eigenvalue weighted by Crippen LogP contribution is -2.10. The van der Waals surface area contributed by atoms with E-state index in [2.05, 4.69) is 265 Å². The van der Waals surface area contributed by atoms with Crippen molar-refractivity contribution in [3.8, 4) is 66.8 Å². The van der Waals surface area contributed by atoms with Crippen molar-refractivity contribution >= 4 is 34.1 Å². The molecule has 0 atom stereocenters. The highest BCUT2D eigenvalue weighted by atomic mass is 15.1. The maximum Gasteiger partial charge on any atom is 0.0467 e. The molecule has 10 aromatic rings. The van der Waals surface area contributed by atoms with E-state index in [0.29, 0.717) is 0 Å². The predicted octanol–water partition coefficient (Wildman–Crippen LogP) is 16.9. The smallest absolute Gasteiger partial charge is 0.0467 e. The molecule has 292 valence electrons. The summed E-state index contributed by atoms with van der Waals surface area (Å²) in [6, 6.07) is 92.5. The van der Waals surface area contributed by atoms with Gasteiger partial charge >= 0.3 is 0 Å². The van der Waals surface area contributed by atoms with Crippen LogP contribution < -0.4 is 9.80 Å². The van der Waals surface area contributed by atoms with E-state index in [1.54, 1.807) is 0 Å². The Morgan fingerprint density at radius 3 is 0.710 bits per heavy atom. The summed E-state index contributed by atoms with van der Waals surface area (Å²) in [4.78, 5) is 4.73. The van der Waals surface area contributed by atoms with Crippen LogP contribution in [-0.4, -0.2) is 0 Å². The van der Waals surface area contributed by atoms with Crippen molar-refractivity contribution in [3.05, 3.63) is 255 Å². The van der Waals surface area contributed by atoms with Crippen LogP contribution in [0.2, 0.25) is 0 Å². The van der Waals surface area contributed by atoms with Gasteiger partial charge in [-0.15, -0.1) is 0 Å². The molecule has 17 rings (SSSR count). The van der Waals surface area contributed by atoms with Gasteiger partial charge in [-0.25, -0.2) is 0 Å². The summed E-state index contributed by atoms with van der Waals surface area (Å²) >= 11 is 0. The minimum atomic E-state index is 1.09. The Bertz CT molecular complexity index is 2780. The molecule has 7 aliphatic heterocycles. The van der Waals surface area contributed by atoms with Gasteiger partial charge < -0.3 is 9.80 Å². The van der Waals surface area contributed by atoms with E-state index in [9.17, 15) is 0 Å². The molecule has 0 saturated heterocycles. The van der Waals surface area contributed by atoms with Gasteiger partial charge in [-0.1, -0.05) is 182 Å². The largest absolute Gasteiger partial charge is 0.310 e. The first kappa shape index (κ1) is 36.8. The van der Waals surface area contributed by atoms with Gasteiger partial charge in [0.25, 0.3) is 0 Å². The van der Waals surface area contributed by atoms with Crippen LogP contribution in [0.4, 0.5) is 34.1 Å². The lowest BCUT2D eigenvalue weighted by molar-refractivity contribution is 1.28. The van der Waals surface area contributed by atoms with Crippen LogP contribution in [0, 0.1) is 0 Å². The van der Waals surface area contributed by atoms with Crippen molar-refractivity contribution in [1.82, 2.24) is 0 Å². The molecule has 8 bridgehead atoms. The zero-order valence-electron chi connectivity index (χ0n) is 34.1.